The summed E-state index contributed by atoms with van der Waals surface area (Å²) in [6, 6.07) is 24.2. The Labute approximate surface area is 191 Å². The van der Waals surface area contributed by atoms with E-state index in [-0.39, 0.29) is 6.61 Å². The number of hydrogen-bond acceptors (Lipinski definition) is 3. The van der Waals surface area contributed by atoms with Crippen LogP contribution in [-0.4, -0.2) is 23.4 Å². The van der Waals surface area contributed by atoms with Gasteiger partial charge in [-0.05, 0) is 63.0 Å². The first-order valence-corrected chi connectivity index (χ1v) is 11.4. The maximum absolute atomic E-state index is 10.6. The highest BCUT2D eigenvalue weighted by Gasteiger charge is 2.07. The average molecular weight is 534 g/mol. The number of ether oxygens (including phenoxy) is 1. The van der Waals surface area contributed by atoms with E-state index in [2.05, 4.69) is 62.2 Å². The molecule has 148 valence electrons. The molecule has 0 heterocycles. The van der Waals surface area contributed by atoms with Gasteiger partial charge in [-0.2, -0.15) is 0 Å². The van der Waals surface area contributed by atoms with Crippen molar-refractivity contribution in [2.45, 2.75) is 4.90 Å². The van der Waals surface area contributed by atoms with E-state index < -0.39 is 5.97 Å². The third kappa shape index (κ3) is 6.49. The molecule has 3 rings (SSSR count). The third-order valence-electron chi connectivity index (χ3n) is 4.03. The Balaban J connectivity index is 1.76. The molecule has 1 N–H and O–H groups in total. The van der Waals surface area contributed by atoms with Gasteiger partial charge in [0.1, 0.15) is 5.75 Å². The van der Waals surface area contributed by atoms with Crippen LogP contribution in [0.3, 0.4) is 0 Å². The highest BCUT2D eigenvalue weighted by Crippen LogP contribution is 2.32. The van der Waals surface area contributed by atoms with Gasteiger partial charge in [0.05, 0.1) is 0 Å². The van der Waals surface area contributed by atoms with E-state index in [0.29, 0.717) is 5.75 Å². The Morgan fingerprint density at radius 2 is 1.66 bits per heavy atom. The minimum Gasteiger partial charge on any atom is -0.482 e. The third-order valence-corrected chi connectivity index (χ3v) is 6.48. The average Bonchev–Trinajstić information content (AvgIpc) is 2.72. The summed E-state index contributed by atoms with van der Waals surface area (Å²) >= 11 is 8.74. The van der Waals surface area contributed by atoms with E-state index in [4.69, 9.17) is 9.84 Å². The molecular weight excluding hydrogens is 516 g/mol. The number of thioether (sulfide) groups is 1. The van der Waals surface area contributed by atoms with E-state index >= 15 is 0 Å². The van der Waals surface area contributed by atoms with Gasteiger partial charge in [0.25, 0.3) is 0 Å². The molecule has 3 aromatic carbocycles. The maximum atomic E-state index is 10.6. The molecule has 0 bridgehead atoms. The van der Waals surface area contributed by atoms with E-state index in [1.807, 2.05) is 36.4 Å². The van der Waals surface area contributed by atoms with E-state index in [1.54, 1.807) is 23.9 Å². The summed E-state index contributed by atoms with van der Waals surface area (Å²) < 4.78 is 7.15. The molecule has 0 atom stereocenters. The summed E-state index contributed by atoms with van der Waals surface area (Å²) in [6.45, 7) is -0.352. The molecular formula is C23H18Br2O3S. The van der Waals surface area contributed by atoms with Gasteiger partial charge in [0.2, 0.25) is 0 Å². The second-order valence-electron chi connectivity index (χ2n) is 6.08. The first-order valence-electron chi connectivity index (χ1n) is 8.81. The summed E-state index contributed by atoms with van der Waals surface area (Å²) in [5.41, 5.74) is 3.52. The first-order chi connectivity index (χ1) is 14.0. The van der Waals surface area contributed by atoms with Crippen LogP contribution in [0.5, 0.6) is 5.75 Å². The number of carboxylic acid groups (broad SMARTS) is 1. The van der Waals surface area contributed by atoms with Crippen molar-refractivity contribution < 1.29 is 14.6 Å². The molecule has 6 heteroatoms. The number of carboxylic acids is 1. The smallest absolute Gasteiger partial charge is 0.341 e. The van der Waals surface area contributed by atoms with Crippen molar-refractivity contribution in [2.75, 3.05) is 12.4 Å². The zero-order chi connectivity index (χ0) is 20.6. The highest BCUT2D eigenvalue weighted by molar-refractivity contribution is 9.10. The zero-order valence-corrected chi connectivity index (χ0v) is 19.3. The first kappa shape index (κ1) is 21.7. The van der Waals surface area contributed by atoms with Crippen LogP contribution in [0.15, 0.2) is 92.7 Å². The van der Waals surface area contributed by atoms with Crippen molar-refractivity contribution >= 4 is 55.2 Å². The van der Waals surface area contributed by atoms with Crippen LogP contribution in [0.2, 0.25) is 0 Å². The van der Waals surface area contributed by atoms with Gasteiger partial charge in [-0.1, -0.05) is 64.5 Å². The van der Waals surface area contributed by atoms with Gasteiger partial charge >= 0.3 is 5.97 Å². The fourth-order valence-electron chi connectivity index (χ4n) is 2.70. The van der Waals surface area contributed by atoms with Gasteiger partial charge in [0.15, 0.2) is 6.61 Å². The zero-order valence-electron chi connectivity index (χ0n) is 15.3. The van der Waals surface area contributed by atoms with E-state index in [9.17, 15) is 4.79 Å². The Kier molecular flexibility index (Phi) is 7.98. The number of benzene rings is 3. The van der Waals surface area contributed by atoms with Crippen LogP contribution >= 0.6 is 43.6 Å². The normalized spacial score (nSPS) is 11.3. The van der Waals surface area contributed by atoms with E-state index in [1.165, 1.54) is 11.1 Å². The Bertz CT molecular complexity index is 1000. The molecule has 0 amide bonds. The monoisotopic (exact) mass is 532 g/mol. The van der Waals surface area contributed by atoms with Crippen LogP contribution in [0.4, 0.5) is 0 Å². The van der Waals surface area contributed by atoms with Gasteiger partial charge in [0, 0.05) is 19.6 Å². The lowest BCUT2D eigenvalue weighted by Gasteiger charge is -2.10. The topological polar surface area (TPSA) is 46.5 Å². The van der Waals surface area contributed by atoms with Gasteiger partial charge in [-0.3, -0.25) is 0 Å². The molecule has 0 radical (unpaired) electrons. The van der Waals surface area contributed by atoms with Crippen LogP contribution in [0, 0.1) is 0 Å². The van der Waals surface area contributed by atoms with Crippen molar-refractivity contribution in [3.63, 3.8) is 0 Å². The predicted molar refractivity (Wildman–Crippen MR) is 126 cm³/mol. The summed E-state index contributed by atoms with van der Waals surface area (Å²) in [5.74, 6) is 0.318. The summed E-state index contributed by atoms with van der Waals surface area (Å²) in [7, 11) is 0. The van der Waals surface area contributed by atoms with Crippen molar-refractivity contribution in [3.8, 4) is 5.75 Å². The number of hydrogen-bond donors (Lipinski definition) is 1. The molecule has 0 saturated carbocycles. The van der Waals surface area contributed by atoms with Gasteiger partial charge in [-0.25, -0.2) is 4.79 Å². The Morgan fingerprint density at radius 3 is 2.31 bits per heavy atom. The second-order valence-corrected chi connectivity index (χ2v) is 8.91. The van der Waals surface area contributed by atoms with Crippen LogP contribution < -0.4 is 4.74 Å². The van der Waals surface area contributed by atoms with Crippen molar-refractivity contribution in [2.24, 2.45) is 0 Å². The van der Waals surface area contributed by atoms with Crippen molar-refractivity contribution in [3.05, 3.63) is 98.9 Å². The highest BCUT2D eigenvalue weighted by atomic mass is 79.9. The largest absolute Gasteiger partial charge is 0.482 e. The standard InChI is InChI=1S/C23H18Br2O3S/c24-18-8-6-17(7-9-18)20(16-4-2-1-3-5-16)12-13-29-22-11-10-19(14-21(22)25)28-15-23(26)27/h1-12,14H,13,15H2,(H,26,27)/b20-12-. The molecule has 3 nitrogen and oxygen atoms in total. The second kappa shape index (κ2) is 10.7. The molecule has 0 unspecified atom stereocenters. The molecule has 0 aliphatic rings. The maximum Gasteiger partial charge on any atom is 0.341 e. The predicted octanol–water partition coefficient (Wildman–Crippen LogP) is 6.90. The Morgan fingerprint density at radius 1 is 0.966 bits per heavy atom. The SMILES string of the molecule is O=C(O)COc1ccc(SC/C=C(/c2ccccc2)c2ccc(Br)cc2)c(Br)c1. The minimum atomic E-state index is -0.994. The molecule has 0 aliphatic heterocycles. The molecule has 0 fully saturated rings. The van der Waals surface area contributed by atoms with E-state index in [0.717, 1.165) is 25.2 Å². The minimum absolute atomic E-state index is 0.352. The number of carbonyl (C=O) groups is 1. The fourth-order valence-corrected chi connectivity index (χ4v) is 4.45. The van der Waals surface area contributed by atoms with Crippen molar-refractivity contribution in [1.29, 1.82) is 0 Å². The fraction of sp³-hybridized carbons (Fsp3) is 0.0870. The molecule has 3 aromatic rings. The molecule has 0 spiro atoms. The lowest BCUT2D eigenvalue weighted by molar-refractivity contribution is -0.139. The lowest BCUT2D eigenvalue weighted by Crippen LogP contribution is -2.09. The lowest BCUT2D eigenvalue weighted by atomic mass is 9.98. The Hall–Kier alpha value is -2.02. The summed E-state index contributed by atoms with van der Waals surface area (Å²) in [6.07, 6.45) is 2.23. The number of rotatable bonds is 8. The van der Waals surface area contributed by atoms with Crippen molar-refractivity contribution in [1.82, 2.24) is 0 Å². The van der Waals surface area contributed by atoms with Crippen LogP contribution in [-0.2, 0) is 4.79 Å². The van der Waals surface area contributed by atoms with Gasteiger partial charge in [-0.15, -0.1) is 11.8 Å². The van der Waals surface area contributed by atoms with Crippen LogP contribution in [0.25, 0.3) is 5.57 Å². The molecule has 29 heavy (non-hydrogen) atoms. The summed E-state index contributed by atoms with van der Waals surface area (Å²) in [5, 5.41) is 8.72. The summed E-state index contributed by atoms with van der Waals surface area (Å²) in [4.78, 5) is 11.7. The quantitative estimate of drug-likeness (QED) is 0.320. The molecule has 0 aliphatic carbocycles. The van der Waals surface area contributed by atoms with Crippen LogP contribution in [0.1, 0.15) is 11.1 Å². The number of halogens is 2. The number of aliphatic carboxylic acids is 1. The van der Waals surface area contributed by atoms with Gasteiger partial charge < -0.3 is 9.84 Å². The molecule has 0 aromatic heterocycles. The molecule has 0 saturated heterocycles.